The monoisotopic (exact) mass is 381 g/mol. The lowest BCUT2D eigenvalue weighted by Gasteiger charge is -2.06. The van der Waals surface area contributed by atoms with Crippen molar-refractivity contribution in [3.05, 3.63) is 27.2 Å². The Morgan fingerprint density at radius 1 is 1.36 bits per heavy atom. The lowest BCUT2D eigenvalue weighted by molar-refractivity contribution is 0.700. The number of rotatable bonds is 6. The number of nitriles is 1. The number of imidazole rings is 1. The number of aromatic nitrogens is 4. The van der Waals surface area contributed by atoms with Crippen LogP contribution in [-0.4, -0.2) is 48.2 Å². The Hall–Kier alpha value is -2.19. The van der Waals surface area contributed by atoms with Crippen molar-refractivity contribution in [1.82, 2.24) is 24.0 Å². The fourth-order valence-corrected chi connectivity index (χ4v) is 3.36. The van der Waals surface area contributed by atoms with E-state index in [1.54, 1.807) is 29.7 Å². The molecular formula is C14H19N7O2S2. The highest BCUT2D eigenvalue weighted by atomic mass is 32.2. The molecular weight excluding hydrogens is 362 g/mol. The van der Waals surface area contributed by atoms with Crippen LogP contribution in [0.5, 0.6) is 0 Å². The van der Waals surface area contributed by atoms with Crippen LogP contribution >= 0.6 is 23.5 Å². The molecule has 2 aromatic rings. The van der Waals surface area contributed by atoms with E-state index in [1.165, 1.54) is 23.4 Å². The summed E-state index contributed by atoms with van der Waals surface area (Å²) in [4.78, 5) is 32.7. The molecule has 0 aromatic carbocycles. The number of nitrogens with zero attached hydrogens (tertiary/aromatic N) is 6. The van der Waals surface area contributed by atoms with Gasteiger partial charge >= 0.3 is 5.69 Å². The molecule has 0 aliphatic carbocycles. The first-order valence-electron chi connectivity index (χ1n) is 7.43. The number of aryl methyl sites for hydroxylation is 2. The first-order valence-corrected chi connectivity index (χ1v) is 9.81. The van der Waals surface area contributed by atoms with Crippen LogP contribution in [0.15, 0.2) is 20.9 Å². The third-order valence-electron chi connectivity index (χ3n) is 3.54. The second kappa shape index (κ2) is 8.77. The van der Waals surface area contributed by atoms with Crippen LogP contribution in [0.4, 0.5) is 0 Å². The minimum absolute atomic E-state index is 0.336. The first kappa shape index (κ1) is 19.1. The number of hydrogen-bond acceptors (Lipinski definition) is 7. The molecule has 0 spiro atoms. The van der Waals surface area contributed by atoms with E-state index in [0.717, 1.165) is 16.1 Å². The molecule has 0 unspecified atom stereocenters. The predicted molar refractivity (Wildman–Crippen MR) is 102 cm³/mol. The Labute approximate surface area is 152 Å². The summed E-state index contributed by atoms with van der Waals surface area (Å²) in [5.41, 5.74) is 0.115. The summed E-state index contributed by atoms with van der Waals surface area (Å²) >= 11 is 3.09. The van der Waals surface area contributed by atoms with Gasteiger partial charge in [-0.15, -0.1) is 0 Å². The van der Waals surface area contributed by atoms with Gasteiger partial charge in [0.1, 0.15) is 0 Å². The molecule has 0 saturated carbocycles. The Kier molecular flexibility index (Phi) is 6.72. The molecule has 2 aromatic heterocycles. The van der Waals surface area contributed by atoms with E-state index < -0.39 is 0 Å². The molecule has 134 valence electrons. The van der Waals surface area contributed by atoms with Crippen LogP contribution in [0.2, 0.25) is 0 Å². The molecule has 0 bridgehead atoms. The van der Waals surface area contributed by atoms with Crippen molar-refractivity contribution in [3.8, 4) is 6.19 Å². The number of thioether (sulfide) groups is 2. The molecule has 0 radical (unpaired) electrons. The minimum atomic E-state index is -0.384. The van der Waals surface area contributed by atoms with E-state index >= 15 is 0 Å². The van der Waals surface area contributed by atoms with Gasteiger partial charge in [-0.25, -0.2) is 9.78 Å². The molecule has 0 saturated heterocycles. The minimum Gasteiger partial charge on any atom is -0.324 e. The summed E-state index contributed by atoms with van der Waals surface area (Å²) in [7, 11) is 3.07. The largest absolute Gasteiger partial charge is 0.332 e. The van der Waals surface area contributed by atoms with Gasteiger partial charge in [0.2, 0.25) is 0 Å². The maximum Gasteiger partial charge on any atom is 0.332 e. The maximum atomic E-state index is 12.3. The number of hydrogen-bond donors (Lipinski definition) is 1. The average Bonchev–Trinajstić information content (AvgIpc) is 3.04. The Bertz CT molecular complexity index is 936. The van der Waals surface area contributed by atoms with Crippen molar-refractivity contribution in [3.63, 3.8) is 0 Å². The fraction of sp³-hybridized carbons (Fsp3) is 0.500. The van der Waals surface area contributed by atoms with Crippen LogP contribution in [-0.2, 0) is 20.6 Å². The van der Waals surface area contributed by atoms with Crippen molar-refractivity contribution in [2.75, 3.05) is 24.3 Å². The third kappa shape index (κ3) is 4.26. The van der Waals surface area contributed by atoms with E-state index in [1.807, 2.05) is 12.4 Å². The zero-order chi connectivity index (χ0) is 18.4. The van der Waals surface area contributed by atoms with Crippen LogP contribution in [0.25, 0.3) is 11.2 Å². The third-order valence-corrected chi connectivity index (χ3v) is 5.10. The molecule has 0 aliphatic rings. The van der Waals surface area contributed by atoms with E-state index in [0.29, 0.717) is 29.4 Å². The summed E-state index contributed by atoms with van der Waals surface area (Å²) in [5.74, 6) is 1.59. The first-order chi connectivity index (χ1) is 12.0. The van der Waals surface area contributed by atoms with Crippen molar-refractivity contribution in [2.45, 2.75) is 6.54 Å². The van der Waals surface area contributed by atoms with Gasteiger partial charge in [-0.1, -0.05) is 11.8 Å². The van der Waals surface area contributed by atoms with Gasteiger partial charge in [0.15, 0.2) is 22.5 Å². The second-order valence-electron chi connectivity index (χ2n) is 5.06. The lowest BCUT2D eigenvalue weighted by atomic mass is 10.5. The highest BCUT2D eigenvalue weighted by molar-refractivity contribution is 8.13. The lowest BCUT2D eigenvalue weighted by Crippen LogP contribution is -2.37. The summed E-state index contributed by atoms with van der Waals surface area (Å²) in [6, 6.07) is 0. The fourth-order valence-electron chi connectivity index (χ4n) is 2.25. The van der Waals surface area contributed by atoms with Crippen molar-refractivity contribution < 1.29 is 0 Å². The SMILES string of the molecule is CSC(=NCCSCCn1cnc2c1c(=O)n(C)c(=O)n2C)NC#N. The van der Waals surface area contributed by atoms with Crippen LogP contribution in [0.1, 0.15) is 0 Å². The van der Waals surface area contributed by atoms with Crippen molar-refractivity contribution >= 4 is 39.9 Å². The normalized spacial score (nSPS) is 11.7. The summed E-state index contributed by atoms with van der Waals surface area (Å²) in [5, 5.41) is 11.7. The number of aliphatic imine (C=N–C) groups is 1. The summed E-state index contributed by atoms with van der Waals surface area (Å²) in [6.07, 6.45) is 5.30. The van der Waals surface area contributed by atoms with Gasteiger partial charge < -0.3 is 4.57 Å². The average molecular weight is 381 g/mol. The van der Waals surface area contributed by atoms with Crippen molar-refractivity contribution in [2.24, 2.45) is 19.1 Å². The van der Waals surface area contributed by atoms with Gasteiger partial charge in [-0.3, -0.25) is 24.2 Å². The Balaban J connectivity index is 1.98. The molecule has 0 atom stereocenters. The van der Waals surface area contributed by atoms with E-state index in [4.69, 9.17) is 5.26 Å². The van der Waals surface area contributed by atoms with E-state index in [-0.39, 0.29) is 11.2 Å². The number of amidine groups is 1. The molecule has 1 N–H and O–H groups in total. The Morgan fingerprint density at radius 2 is 2.12 bits per heavy atom. The van der Waals surface area contributed by atoms with Gasteiger partial charge in [0.05, 0.1) is 12.9 Å². The zero-order valence-electron chi connectivity index (χ0n) is 14.2. The molecule has 25 heavy (non-hydrogen) atoms. The number of nitrogens with one attached hydrogen (secondary N) is 1. The molecule has 2 heterocycles. The molecule has 9 nitrogen and oxygen atoms in total. The van der Waals surface area contributed by atoms with Gasteiger partial charge in [0, 0.05) is 32.1 Å². The zero-order valence-corrected chi connectivity index (χ0v) is 15.9. The van der Waals surface area contributed by atoms with E-state index in [2.05, 4.69) is 15.3 Å². The quantitative estimate of drug-likeness (QED) is 0.246. The highest BCUT2D eigenvalue weighted by Gasteiger charge is 2.13. The van der Waals surface area contributed by atoms with Gasteiger partial charge in [-0.2, -0.15) is 17.0 Å². The Morgan fingerprint density at radius 3 is 2.80 bits per heavy atom. The molecule has 0 fully saturated rings. The van der Waals surface area contributed by atoms with Gasteiger partial charge in [0.25, 0.3) is 5.56 Å². The van der Waals surface area contributed by atoms with E-state index in [9.17, 15) is 9.59 Å². The van der Waals surface area contributed by atoms with Gasteiger partial charge in [-0.05, 0) is 6.26 Å². The smallest absolute Gasteiger partial charge is 0.324 e. The van der Waals surface area contributed by atoms with Crippen LogP contribution in [0, 0.1) is 11.5 Å². The molecule has 2 rings (SSSR count). The predicted octanol–water partition coefficient (Wildman–Crippen LogP) is -0.0434. The van der Waals surface area contributed by atoms with Crippen LogP contribution < -0.4 is 16.6 Å². The maximum absolute atomic E-state index is 12.3. The second-order valence-corrected chi connectivity index (χ2v) is 7.08. The molecule has 11 heteroatoms. The standard InChI is InChI=1S/C14H19N7O2S2/c1-19-11-10(12(22)20(2)14(19)23)21(9-18-11)5-7-25-6-4-16-13(24-3)17-8-15/h9H,4-7H2,1-3H3,(H,16,17). The van der Waals surface area contributed by atoms with Crippen molar-refractivity contribution in [1.29, 1.82) is 5.26 Å². The molecule has 0 amide bonds. The summed E-state index contributed by atoms with van der Waals surface area (Å²) < 4.78 is 4.24. The molecule has 0 aliphatic heterocycles. The topological polar surface area (TPSA) is 110 Å². The van der Waals surface area contributed by atoms with Crippen LogP contribution in [0.3, 0.4) is 0 Å². The number of fused-ring (bicyclic) bond motifs is 1. The highest BCUT2D eigenvalue weighted by Crippen LogP contribution is 2.08. The summed E-state index contributed by atoms with van der Waals surface area (Å²) in [6.45, 7) is 1.22.